The molecule has 12 heteroatoms. The molecule has 0 radical (unpaired) electrons. The molecule has 0 aliphatic heterocycles. The number of rotatable bonds is 7. The molecule has 0 aromatic heterocycles. The average molecular weight is 538 g/mol. The first kappa shape index (κ1) is 27.6. The van der Waals surface area contributed by atoms with E-state index in [-0.39, 0.29) is 5.69 Å². The van der Waals surface area contributed by atoms with Gasteiger partial charge in [0.15, 0.2) is 9.84 Å². The number of nitrogens with one attached hydrogen (secondary N) is 1. The second-order valence-electron chi connectivity index (χ2n) is 8.04. The zero-order valence-corrected chi connectivity index (χ0v) is 19.9. The van der Waals surface area contributed by atoms with Gasteiger partial charge in [0.25, 0.3) is 0 Å². The molecular weight excluding hydrogens is 519 g/mol. The summed E-state index contributed by atoms with van der Waals surface area (Å²) < 4.78 is 99.4. The van der Waals surface area contributed by atoms with Crippen LogP contribution in [0, 0.1) is 28.9 Å². The van der Waals surface area contributed by atoms with Crippen LogP contribution in [0.4, 0.5) is 32.4 Å². The lowest BCUT2D eigenvalue weighted by Gasteiger charge is -2.25. The lowest BCUT2D eigenvalue weighted by Crippen LogP contribution is -2.27. The lowest BCUT2D eigenvalue weighted by atomic mass is 10.0. The van der Waals surface area contributed by atoms with Crippen LogP contribution >= 0.6 is 0 Å². The van der Waals surface area contributed by atoms with Crippen LogP contribution in [0.5, 0.6) is 0 Å². The number of nitriles is 1. The normalized spacial score (nSPS) is 13.3. The highest BCUT2D eigenvalue weighted by molar-refractivity contribution is 7.91. The van der Waals surface area contributed by atoms with Crippen LogP contribution in [-0.4, -0.2) is 21.1 Å². The molecular formula is C25H19F5N2O4S. The van der Waals surface area contributed by atoms with Gasteiger partial charge in [-0.25, -0.2) is 22.0 Å². The van der Waals surface area contributed by atoms with E-state index < -0.39 is 67.5 Å². The zero-order chi connectivity index (χ0) is 27.4. The second-order valence-corrected chi connectivity index (χ2v) is 10.1. The minimum Gasteiger partial charge on any atom is -0.449 e. The summed E-state index contributed by atoms with van der Waals surface area (Å²) in [5, 5.41) is 9.40. The Morgan fingerprint density at radius 1 is 1.03 bits per heavy atom. The molecule has 0 aliphatic carbocycles. The Kier molecular flexibility index (Phi) is 8.18. The summed E-state index contributed by atoms with van der Waals surface area (Å²) in [6.07, 6.45) is -5.69. The highest BCUT2D eigenvalue weighted by atomic mass is 32.2. The molecule has 1 amide bonds. The minimum atomic E-state index is -4.71. The number of hydrogen-bond donors (Lipinski definition) is 1. The van der Waals surface area contributed by atoms with Crippen LogP contribution in [0.15, 0.2) is 71.6 Å². The molecule has 1 N–H and O–H groups in total. The molecule has 0 unspecified atom stereocenters. The molecule has 3 rings (SSSR count). The third-order valence-corrected chi connectivity index (χ3v) is 7.68. The number of ether oxygens (including phenoxy) is 1. The quantitative estimate of drug-likeness (QED) is 0.359. The Labute approximate surface area is 209 Å². The van der Waals surface area contributed by atoms with Gasteiger partial charge in [-0.1, -0.05) is 6.92 Å². The van der Waals surface area contributed by atoms with Crippen molar-refractivity contribution in [3.05, 3.63) is 95.1 Å². The van der Waals surface area contributed by atoms with E-state index in [0.717, 1.165) is 24.3 Å². The molecule has 0 heterocycles. The van der Waals surface area contributed by atoms with Crippen molar-refractivity contribution < 1.29 is 39.9 Å². The maximum Gasteiger partial charge on any atom is 0.416 e. The van der Waals surface area contributed by atoms with E-state index in [0.29, 0.717) is 23.8 Å². The standard InChI is InChI=1S/C25H19F5N2O4S/c1-15(14-36-24(33)32-19-7-2-16(13-31)3-8-19)23(21-12-18(26)6-11-22(21)27)37(34,35)20-9-4-17(5-10-20)25(28,29)30/h2-12,15,23H,14H2,1H3,(H,32,33)/t15-,23+/m1/s1. The Morgan fingerprint density at radius 3 is 2.22 bits per heavy atom. The highest BCUT2D eigenvalue weighted by Gasteiger charge is 2.38. The summed E-state index contributed by atoms with van der Waals surface area (Å²) in [6.45, 7) is 0.744. The predicted octanol–water partition coefficient (Wildman–Crippen LogP) is 6.26. The fraction of sp³-hybridized carbons (Fsp3) is 0.200. The number of benzene rings is 3. The van der Waals surface area contributed by atoms with Gasteiger partial charge in [-0.3, -0.25) is 5.32 Å². The van der Waals surface area contributed by atoms with Crippen LogP contribution in [0.3, 0.4) is 0 Å². The van der Waals surface area contributed by atoms with Crippen molar-refractivity contribution in [2.24, 2.45) is 5.92 Å². The monoisotopic (exact) mass is 538 g/mol. The molecule has 6 nitrogen and oxygen atoms in total. The number of hydrogen-bond acceptors (Lipinski definition) is 5. The molecule has 0 saturated carbocycles. The van der Waals surface area contributed by atoms with Crippen LogP contribution in [0.25, 0.3) is 0 Å². The number of anilines is 1. The molecule has 194 valence electrons. The van der Waals surface area contributed by atoms with Gasteiger partial charge < -0.3 is 4.74 Å². The maximum absolute atomic E-state index is 14.7. The van der Waals surface area contributed by atoms with E-state index >= 15 is 0 Å². The molecule has 3 aromatic rings. The number of halogens is 5. The predicted molar refractivity (Wildman–Crippen MR) is 123 cm³/mol. The first-order chi connectivity index (χ1) is 17.3. The first-order valence-corrected chi connectivity index (χ1v) is 12.2. The van der Waals surface area contributed by atoms with Gasteiger partial charge in [0.2, 0.25) is 0 Å². The van der Waals surface area contributed by atoms with Crippen LogP contribution in [0.2, 0.25) is 0 Å². The summed E-state index contributed by atoms with van der Waals surface area (Å²) in [5.41, 5.74) is -1.03. The first-order valence-electron chi connectivity index (χ1n) is 10.6. The van der Waals surface area contributed by atoms with Crippen molar-refractivity contribution in [2.45, 2.75) is 23.2 Å². The van der Waals surface area contributed by atoms with E-state index in [1.807, 2.05) is 6.07 Å². The van der Waals surface area contributed by atoms with Gasteiger partial charge in [0.05, 0.1) is 33.9 Å². The lowest BCUT2D eigenvalue weighted by molar-refractivity contribution is -0.137. The summed E-state index contributed by atoms with van der Waals surface area (Å²) in [7, 11) is -4.59. The fourth-order valence-electron chi connectivity index (χ4n) is 3.57. The van der Waals surface area contributed by atoms with Gasteiger partial charge >= 0.3 is 12.3 Å². The van der Waals surface area contributed by atoms with Crippen molar-refractivity contribution in [1.29, 1.82) is 5.26 Å². The number of nitrogens with zero attached hydrogens (tertiary/aromatic N) is 1. The third-order valence-electron chi connectivity index (χ3n) is 5.36. The number of carbonyl (C=O) groups is 1. The molecule has 0 aliphatic rings. The third kappa shape index (κ3) is 6.62. The van der Waals surface area contributed by atoms with Crippen molar-refractivity contribution in [3.63, 3.8) is 0 Å². The van der Waals surface area contributed by atoms with Crippen LogP contribution in [0.1, 0.15) is 28.9 Å². The zero-order valence-electron chi connectivity index (χ0n) is 19.1. The summed E-state index contributed by atoms with van der Waals surface area (Å²) in [6, 6.07) is 12.4. The minimum absolute atomic E-state index is 0.279. The number of amides is 1. The molecule has 0 fully saturated rings. The molecule has 0 bridgehead atoms. The van der Waals surface area contributed by atoms with E-state index in [1.54, 1.807) is 0 Å². The summed E-state index contributed by atoms with van der Waals surface area (Å²) in [5.74, 6) is -3.15. The topological polar surface area (TPSA) is 96.3 Å². The van der Waals surface area contributed by atoms with Crippen molar-refractivity contribution >= 4 is 21.6 Å². The number of sulfone groups is 1. The van der Waals surface area contributed by atoms with Gasteiger partial charge in [-0.2, -0.15) is 18.4 Å². The molecule has 0 saturated heterocycles. The van der Waals surface area contributed by atoms with Crippen LogP contribution in [-0.2, 0) is 20.8 Å². The Bertz CT molecular complexity index is 1420. The Hall–Kier alpha value is -3.98. The number of alkyl halides is 3. The van der Waals surface area contributed by atoms with Gasteiger partial charge in [0, 0.05) is 17.2 Å². The smallest absolute Gasteiger partial charge is 0.416 e. The van der Waals surface area contributed by atoms with Crippen molar-refractivity contribution in [1.82, 2.24) is 0 Å². The second kappa shape index (κ2) is 11.0. The average Bonchev–Trinajstić information content (AvgIpc) is 2.85. The number of carbonyl (C=O) groups excluding carboxylic acids is 1. The SMILES string of the molecule is C[C@H](COC(=O)Nc1ccc(C#N)cc1)[C@@H](c1cc(F)ccc1F)S(=O)(=O)c1ccc(C(F)(F)F)cc1. The van der Waals surface area contributed by atoms with Crippen molar-refractivity contribution in [2.75, 3.05) is 11.9 Å². The van der Waals surface area contributed by atoms with Crippen molar-refractivity contribution in [3.8, 4) is 6.07 Å². The molecule has 3 aromatic carbocycles. The molecule has 0 spiro atoms. The van der Waals surface area contributed by atoms with Crippen LogP contribution < -0.4 is 5.32 Å². The van der Waals surface area contributed by atoms with Gasteiger partial charge in [0.1, 0.15) is 11.6 Å². The van der Waals surface area contributed by atoms with E-state index in [1.165, 1.54) is 31.2 Å². The molecule has 2 atom stereocenters. The maximum atomic E-state index is 14.7. The highest BCUT2D eigenvalue weighted by Crippen LogP contribution is 2.38. The Balaban J connectivity index is 1.88. The largest absolute Gasteiger partial charge is 0.449 e. The van der Waals surface area contributed by atoms with Gasteiger partial charge in [-0.15, -0.1) is 0 Å². The van der Waals surface area contributed by atoms with E-state index in [9.17, 15) is 35.2 Å². The fourth-order valence-corrected chi connectivity index (χ4v) is 5.58. The molecule has 37 heavy (non-hydrogen) atoms. The van der Waals surface area contributed by atoms with Gasteiger partial charge in [-0.05, 0) is 66.7 Å². The summed E-state index contributed by atoms with van der Waals surface area (Å²) in [4.78, 5) is 11.7. The van der Waals surface area contributed by atoms with E-state index in [2.05, 4.69) is 5.32 Å². The Morgan fingerprint density at radius 2 is 1.65 bits per heavy atom. The van der Waals surface area contributed by atoms with E-state index in [4.69, 9.17) is 10.00 Å². The summed E-state index contributed by atoms with van der Waals surface area (Å²) >= 11 is 0.